The lowest BCUT2D eigenvalue weighted by Gasteiger charge is -2.11. The first-order valence-corrected chi connectivity index (χ1v) is 10.8. The van der Waals surface area contributed by atoms with E-state index in [0.29, 0.717) is 0 Å². The lowest BCUT2D eigenvalue weighted by atomic mass is 10.0. The van der Waals surface area contributed by atoms with Crippen LogP contribution in [0, 0.1) is 0 Å². The molecule has 4 aromatic carbocycles. The number of rotatable bonds is 6. The van der Waals surface area contributed by atoms with Crippen molar-refractivity contribution in [2.45, 2.75) is 10.8 Å². The minimum atomic E-state index is -0.134. The molecule has 4 aromatic rings. The highest BCUT2D eigenvalue weighted by Crippen LogP contribution is 2.30. The molecule has 0 nitrogen and oxygen atoms in total. The maximum Gasteiger partial charge on any atom is 0.0835 e. The average molecular weight is 429 g/mol. The highest BCUT2D eigenvalue weighted by atomic mass is 35.5. The third-order valence-electron chi connectivity index (χ3n) is 5.11. The molecule has 0 fully saturated rings. The Balaban J connectivity index is 1.42. The second kappa shape index (κ2) is 9.80. The Labute approximate surface area is 188 Å². The van der Waals surface area contributed by atoms with Crippen LogP contribution in [-0.4, -0.2) is 0 Å². The van der Waals surface area contributed by atoms with Crippen molar-refractivity contribution in [3.05, 3.63) is 143 Å². The monoisotopic (exact) mass is 428 g/mol. The van der Waals surface area contributed by atoms with Gasteiger partial charge in [0, 0.05) is 0 Å². The van der Waals surface area contributed by atoms with E-state index < -0.39 is 0 Å². The molecule has 0 bridgehead atoms. The fraction of sp³-hybridized carbons (Fsp3) is 0.0714. The first-order chi connectivity index (χ1) is 14.7. The molecule has 2 atom stereocenters. The van der Waals surface area contributed by atoms with Crippen LogP contribution in [0.15, 0.2) is 109 Å². The molecule has 0 saturated heterocycles. The Bertz CT molecular complexity index is 992. The maximum atomic E-state index is 6.61. The van der Waals surface area contributed by atoms with Gasteiger partial charge in [0.2, 0.25) is 0 Å². The zero-order valence-electron chi connectivity index (χ0n) is 16.5. The van der Waals surface area contributed by atoms with Gasteiger partial charge in [-0.3, -0.25) is 0 Å². The number of halogens is 2. The Morgan fingerprint density at radius 3 is 1.03 bits per heavy atom. The molecule has 0 spiro atoms. The van der Waals surface area contributed by atoms with Crippen molar-refractivity contribution in [1.82, 2.24) is 0 Å². The van der Waals surface area contributed by atoms with Crippen molar-refractivity contribution < 1.29 is 0 Å². The largest absolute Gasteiger partial charge is 0.113 e. The first kappa shape index (κ1) is 20.5. The Morgan fingerprint density at radius 2 is 0.700 bits per heavy atom. The summed E-state index contributed by atoms with van der Waals surface area (Å²) in [5, 5.41) is -0.269. The van der Waals surface area contributed by atoms with E-state index >= 15 is 0 Å². The first-order valence-electron chi connectivity index (χ1n) is 9.97. The topological polar surface area (TPSA) is 0 Å². The van der Waals surface area contributed by atoms with E-state index in [1.807, 2.05) is 36.4 Å². The quantitative estimate of drug-likeness (QED) is 0.213. The van der Waals surface area contributed by atoms with Gasteiger partial charge < -0.3 is 0 Å². The molecular weight excluding hydrogens is 407 g/mol. The third kappa shape index (κ3) is 5.02. The molecule has 0 aromatic heterocycles. The van der Waals surface area contributed by atoms with Crippen molar-refractivity contribution >= 4 is 35.4 Å². The van der Waals surface area contributed by atoms with Crippen molar-refractivity contribution in [1.29, 1.82) is 0 Å². The minimum Gasteiger partial charge on any atom is -0.113 e. The van der Waals surface area contributed by atoms with Crippen molar-refractivity contribution in [2.24, 2.45) is 0 Å². The number of alkyl halides is 2. The van der Waals surface area contributed by atoms with Crippen LogP contribution < -0.4 is 0 Å². The molecule has 2 unspecified atom stereocenters. The molecule has 30 heavy (non-hydrogen) atoms. The molecular formula is C28H22Cl2. The van der Waals surface area contributed by atoms with Crippen LogP contribution in [0.3, 0.4) is 0 Å². The Kier molecular flexibility index (Phi) is 6.69. The smallest absolute Gasteiger partial charge is 0.0835 e. The maximum absolute atomic E-state index is 6.61. The molecule has 0 aliphatic heterocycles. The molecule has 0 radical (unpaired) electrons. The SMILES string of the molecule is ClC(c1ccccc1)c1ccc(/C=C/c2ccc(C(Cl)c3ccccc3)cc2)cc1. The van der Waals surface area contributed by atoms with E-state index in [-0.39, 0.29) is 10.8 Å². The summed E-state index contributed by atoms with van der Waals surface area (Å²) in [6.45, 7) is 0. The number of benzene rings is 4. The van der Waals surface area contributed by atoms with Crippen LogP contribution >= 0.6 is 23.2 Å². The zero-order chi connectivity index (χ0) is 20.8. The van der Waals surface area contributed by atoms with E-state index in [2.05, 4.69) is 84.9 Å². The second-order valence-electron chi connectivity index (χ2n) is 7.21. The highest BCUT2D eigenvalue weighted by Gasteiger charge is 2.10. The predicted octanol–water partition coefficient (Wildman–Crippen LogP) is 8.51. The van der Waals surface area contributed by atoms with E-state index in [9.17, 15) is 0 Å². The van der Waals surface area contributed by atoms with Crippen LogP contribution in [-0.2, 0) is 0 Å². The van der Waals surface area contributed by atoms with Crippen LogP contribution in [0.25, 0.3) is 12.2 Å². The fourth-order valence-electron chi connectivity index (χ4n) is 3.37. The summed E-state index contributed by atoms with van der Waals surface area (Å²) in [7, 11) is 0. The zero-order valence-corrected chi connectivity index (χ0v) is 18.0. The van der Waals surface area contributed by atoms with E-state index in [4.69, 9.17) is 23.2 Å². The second-order valence-corrected chi connectivity index (χ2v) is 8.09. The van der Waals surface area contributed by atoms with Gasteiger partial charge in [-0.2, -0.15) is 0 Å². The summed E-state index contributed by atoms with van der Waals surface area (Å²) in [4.78, 5) is 0. The number of hydrogen-bond donors (Lipinski definition) is 0. The van der Waals surface area contributed by atoms with Crippen molar-refractivity contribution in [3.8, 4) is 0 Å². The number of hydrogen-bond acceptors (Lipinski definition) is 0. The van der Waals surface area contributed by atoms with Gasteiger partial charge in [0.05, 0.1) is 10.8 Å². The van der Waals surface area contributed by atoms with Crippen molar-refractivity contribution in [2.75, 3.05) is 0 Å². The molecule has 0 saturated carbocycles. The lowest BCUT2D eigenvalue weighted by molar-refractivity contribution is 1.14. The summed E-state index contributed by atoms with van der Waals surface area (Å²) in [6, 6.07) is 37.0. The van der Waals surface area contributed by atoms with Gasteiger partial charge in [-0.1, -0.05) is 121 Å². The molecule has 0 N–H and O–H groups in total. The molecule has 4 rings (SSSR count). The van der Waals surface area contributed by atoms with E-state index in [0.717, 1.165) is 33.4 Å². The average Bonchev–Trinajstić information content (AvgIpc) is 2.83. The van der Waals surface area contributed by atoms with Gasteiger partial charge in [0.25, 0.3) is 0 Å². The molecule has 0 aliphatic rings. The molecule has 148 valence electrons. The molecule has 0 amide bonds. The van der Waals surface area contributed by atoms with Gasteiger partial charge in [0.1, 0.15) is 0 Å². The van der Waals surface area contributed by atoms with Crippen LogP contribution in [0.1, 0.15) is 44.1 Å². The van der Waals surface area contributed by atoms with Gasteiger partial charge in [0.15, 0.2) is 0 Å². The van der Waals surface area contributed by atoms with E-state index in [1.54, 1.807) is 0 Å². The summed E-state index contributed by atoms with van der Waals surface area (Å²) < 4.78 is 0. The van der Waals surface area contributed by atoms with Gasteiger partial charge in [-0.15, -0.1) is 23.2 Å². The summed E-state index contributed by atoms with van der Waals surface area (Å²) in [5.41, 5.74) is 6.68. The predicted molar refractivity (Wildman–Crippen MR) is 130 cm³/mol. The lowest BCUT2D eigenvalue weighted by Crippen LogP contribution is -1.92. The summed E-state index contributed by atoms with van der Waals surface area (Å²) in [5.74, 6) is 0. The molecule has 2 heteroatoms. The van der Waals surface area contributed by atoms with Gasteiger partial charge in [-0.25, -0.2) is 0 Å². The normalized spacial score (nSPS) is 13.3. The van der Waals surface area contributed by atoms with Gasteiger partial charge in [-0.05, 0) is 33.4 Å². The Hall–Kier alpha value is -2.80. The van der Waals surface area contributed by atoms with Crippen LogP contribution in [0.2, 0.25) is 0 Å². The minimum absolute atomic E-state index is 0.134. The van der Waals surface area contributed by atoms with Crippen LogP contribution in [0.4, 0.5) is 0 Å². The third-order valence-corrected chi connectivity index (χ3v) is 6.12. The molecule has 0 aliphatic carbocycles. The van der Waals surface area contributed by atoms with Crippen LogP contribution in [0.5, 0.6) is 0 Å². The highest BCUT2D eigenvalue weighted by molar-refractivity contribution is 6.22. The summed E-state index contributed by atoms with van der Waals surface area (Å²) in [6.07, 6.45) is 4.22. The fourth-order valence-corrected chi connectivity index (χ4v) is 3.96. The Morgan fingerprint density at radius 1 is 0.400 bits per heavy atom. The van der Waals surface area contributed by atoms with E-state index in [1.165, 1.54) is 0 Å². The van der Waals surface area contributed by atoms with Crippen molar-refractivity contribution in [3.63, 3.8) is 0 Å². The summed E-state index contributed by atoms with van der Waals surface area (Å²) >= 11 is 13.2. The standard InChI is InChI=1S/C28H22Cl2/c29-27(23-7-3-1-4-8-23)25-17-13-21(14-18-25)11-12-22-15-19-26(20-16-22)28(30)24-9-5-2-6-10-24/h1-20,27-28H/b12-11+. The van der Waals surface area contributed by atoms with Gasteiger partial charge >= 0.3 is 0 Å². The molecule has 0 heterocycles.